The summed E-state index contributed by atoms with van der Waals surface area (Å²) in [4.78, 5) is 21.9. The van der Waals surface area contributed by atoms with Gasteiger partial charge in [-0.3, -0.25) is 10.1 Å². The van der Waals surface area contributed by atoms with Gasteiger partial charge in [0.1, 0.15) is 0 Å². The number of nitrogens with zero attached hydrogens (tertiary/aromatic N) is 3. The van der Waals surface area contributed by atoms with Crippen molar-refractivity contribution in [3.63, 3.8) is 0 Å². The molecule has 1 aromatic heterocycles. The summed E-state index contributed by atoms with van der Waals surface area (Å²) in [5, 5.41) is 25.0. The van der Waals surface area contributed by atoms with E-state index < -0.39 is 10.9 Å². The lowest BCUT2D eigenvalue weighted by molar-refractivity contribution is -0.384. The van der Waals surface area contributed by atoms with Crippen molar-refractivity contribution in [2.24, 2.45) is 0 Å². The monoisotopic (exact) mass is 343 g/mol. The van der Waals surface area contributed by atoms with E-state index in [9.17, 15) is 20.0 Å². The molecule has 24 heavy (non-hydrogen) atoms. The first-order chi connectivity index (χ1) is 11.5. The van der Waals surface area contributed by atoms with E-state index in [0.29, 0.717) is 16.3 Å². The van der Waals surface area contributed by atoms with Gasteiger partial charge in [0.2, 0.25) is 0 Å². The zero-order valence-corrected chi connectivity index (χ0v) is 12.8. The number of hydrogen-bond donors (Lipinski definition) is 1. The highest BCUT2D eigenvalue weighted by molar-refractivity contribution is 6.33. The molecule has 0 saturated heterocycles. The van der Waals surface area contributed by atoms with E-state index in [-0.39, 0.29) is 17.1 Å². The minimum absolute atomic E-state index is 0.120. The molecule has 8 heteroatoms. The van der Waals surface area contributed by atoms with Gasteiger partial charge in [0, 0.05) is 17.7 Å². The molecule has 0 aliphatic rings. The Labute approximate surface area is 140 Å². The van der Waals surface area contributed by atoms with E-state index in [1.807, 2.05) is 0 Å². The molecule has 0 amide bonds. The molecule has 0 radical (unpaired) electrons. The van der Waals surface area contributed by atoms with Crippen LogP contribution in [0, 0.1) is 10.1 Å². The predicted molar refractivity (Wildman–Crippen MR) is 87.6 cm³/mol. The second-order valence-electron chi connectivity index (χ2n) is 4.89. The smallest absolute Gasteiger partial charge is 0.354 e. The van der Waals surface area contributed by atoms with E-state index in [1.54, 1.807) is 30.3 Å². The third-order valence-electron chi connectivity index (χ3n) is 3.36. The van der Waals surface area contributed by atoms with Crippen LogP contribution in [0.15, 0.2) is 54.6 Å². The Morgan fingerprint density at radius 3 is 2.58 bits per heavy atom. The van der Waals surface area contributed by atoms with Gasteiger partial charge in [-0.15, -0.1) is 0 Å². The molecule has 0 spiro atoms. The van der Waals surface area contributed by atoms with Gasteiger partial charge in [0.15, 0.2) is 5.69 Å². The van der Waals surface area contributed by atoms with Gasteiger partial charge >= 0.3 is 5.97 Å². The minimum atomic E-state index is -1.20. The molecule has 0 aliphatic carbocycles. The topological polar surface area (TPSA) is 98.3 Å². The Balaban J connectivity index is 2.18. The summed E-state index contributed by atoms with van der Waals surface area (Å²) in [5.41, 5.74) is 0.944. The number of nitro benzene ring substituents is 1. The number of aromatic carboxylic acids is 1. The molecule has 1 N–H and O–H groups in total. The predicted octanol–water partition coefficient (Wildman–Crippen LogP) is 3.80. The molecular formula is C16H10ClN3O4. The van der Waals surface area contributed by atoms with Crippen LogP contribution in [0.2, 0.25) is 5.02 Å². The van der Waals surface area contributed by atoms with Crippen molar-refractivity contribution in [2.45, 2.75) is 0 Å². The molecule has 120 valence electrons. The molecule has 1 heterocycles. The summed E-state index contributed by atoms with van der Waals surface area (Å²) in [6, 6.07) is 13.9. The first kappa shape index (κ1) is 15.7. The van der Waals surface area contributed by atoms with Crippen LogP contribution in [0.4, 0.5) is 5.69 Å². The Morgan fingerprint density at radius 2 is 1.92 bits per heavy atom. The van der Waals surface area contributed by atoms with Crippen molar-refractivity contribution in [1.82, 2.24) is 9.78 Å². The number of carboxylic acid groups (broad SMARTS) is 1. The molecule has 2 aromatic carbocycles. The second kappa shape index (κ2) is 6.13. The lowest BCUT2D eigenvalue weighted by Crippen LogP contribution is -2.08. The Hall–Kier alpha value is -3.19. The molecule has 0 saturated carbocycles. The summed E-state index contributed by atoms with van der Waals surface area (Å²) in [6.45, 7) is 0. The molecule has 3 aromatic rings. The summed E-state index contributed by atoms with van der Waals surface area (Å²) in [7, 11) is 0. The summed E-state index contributed by atoms with van der Waals surface area (Å²) in [6.07, 6.45) is 0. The number of nitro groups is 1. The van der Waals surface area contributed by atoms with Gasteiger partial charge in [0.05, 0.1) is 21.3 Å². The summed E-state index contributed by atoms with van der Waals surface area (Å²) >= 11 is 6.13. The zero-order chi connectivity index (χ0) is 17.3. The van der Waals surface area contributed by atoms with Gasteiger partial charge in [-0.2, -0.15) is 5.10 Å². The van der Waals surface area contributed by atoms with Crippen molar-refractivity contribution in [1.29, 1.82) is 0 Å². The highest BCUT2D eigenvalue weighted by Crippen LogP contribution is 2.28. The third kappa shape index (κ3) is 2.84. The van der Waals surface area contributed by atoms with Crippen molar-refractivity contribution < 1.29 is 14.8 Å². The van der Waals surface area contributed by atoms with Gasteiger partial charge in [-0.1, -0.05) is 35.9 Å². The number of aromatic nitrogens is 2. The fourth-order valence-corrected chi connectivity index (χ4v) is 2.50. The zero-order valence-electron chi connectivity index (χ0n) is 12.1. The Bertz CT molecular complexity index is 952. The van der Waals surface area contributed by atoms with Crippen molar-refractivity contribution in [3.05, 3.63) is 75.4 Å². The number of carbonyl (C=O) groups is 1. The molecule has 0 atom stereocenters. The lowest BCUT2D eigenvalue weighted by atomic mass is 10.1. The van der Waals surface area contributed by atoms with E-state index in [2.05, 4.69) is 5.10 Å². The SMILES string of the molecule is O=C(O)c1cc(-c2ccccc2Cl)nn1-c1cccc([N+](=O)[O-])c1. The number of hydrogen-bond acceptors (Lipinski definition) is 4. The fourth-order valence-electron chi connectivity index (χ4n) is 2.27. The van der Waals surface area contributed by atoms with E-state index >= 15 is 0 Å². The van der Waals surface area contributed by atoms with Gasteiger partial charge in [0.25, 0.3) is 5.69 Å². The van der Waals surface area contributed by atoms with Crippen molar-refractivity contribution in [2.75, 3.05) is 0 Å². The minimum Gasteiger partial charge on any atom is -0.477 e. The quantitative estimate of drug-likeness (QED) is 0.574. The van der Waals surface area contributed by atoms with Gasteiger partial charge in [-0.25, -0.2) is 9.48 Å². The molecule has 7 nitrogen and oxygen atoms in total. The fraction of sp³-hybridized carbons (Fsp3) is 0. The second-order valence-corrected chi connectivity index (χ2v) is 5.30. The van der Waals surface area contributed by atoms with Crippen molar-refractivity contribution >= 4 is 23.3 Å². The maximum absolute atomic E-state index is 11.5. The first-order valence-corrected chi connectivity index (χ1v) is 7.18. The maximum atomic E-state index is 11.5. The number of carboxylic acids is 1. The average molecular weight is 344 g/mol. The normalized spacial score (nSPS) is 10.5. The van der Waals surface area contributed by atoms with Gasteiger partial charge in [-0.05, 0) is 18.2 Å². The van der Waals surface area contributed by atoms with Crippen LogP contribution < -0.4 is 0 Å². The first-order valence-electron chi connectivity index (χ1n) is 6.80. The van der Waals surface area contributed by atoms with E-state index in [0.717, 1.165) is 4.68 Å². The highest BCUT2D eigenvalue weighted by atomic mass is 35.5. The summed E-state index contributed by atoms with van der Waals surface area (Å²) < 4.78 is 1.15. The molecular weight excluding hydrogens is 334 g/mol. The number of benzene rings is 2. The van der Waals surface area contributed by atoms with Crippen LogP contribution in [0.3, 0.4) is 0 Å². The van der Waals surface area contributed by atoms with Crippen LogP contribution in [0.25, 0.3) is 16.9 Å². The third-order valence-corrected chi connectivity index (χ3v) is 3.69. The van der Waals surface area contributed by atoms with Crippen LogP contribution in [0.5, 0.6) is 0 Å². The molecule has 0 bridgehead atoms. The molecule has 0 unspecified atom stereocenters. The maximum Gasteiger partial charge on any atom is 0.354 e. The molecule has 3 rings (SSSR count). The Morgan fingerprint density at radius 1 is 1.17 bits per heavy atom. The van der Waals surface area contributed by atoms with E-state index in [1.165, 1.54) is 24.3 Å². The van der Waals surface area contributed by atoms with Gasteiger partial charge < -0.3 is 5.11 Å². The average Bonchev–Trinajstić information content (AvgIpc) is 3.01. The Kier molecular flexibility index (Phi) is 4.01. The number of non-ortho nitro benzene ring substituents is 1. The largest absolute Gasteiger partial charge is 0.477 e. The van der Waals surface area contributed by atoms with E-state index in [4.69, 9.17) is 11.6 Å². The number of halogens is 1. The molecule has 0 fully saturated rings. The van der Waals surface area contributed by atoms with Crippen LogP contribution >= 0.6 is 11.6 Å². The summed E-state index contributed by atoms with van der Waals surface area (Å²) in [5.74, 6) is -1.20. The van der Waals surface area contributed by atoms with Crippen LogP contribution in [0.1, 0.15) is 10.5 Å². The lowest BCUT2D eigenvalue weighted by Gasteiger charge is -2.04. The van der Waals surface area contributed by atoms with Crippen molar-refractivity contribution in [3.8, 4) is 16.9 Å². The standard InChI is InChI=1S/C16H10ClN3O4/c17-13-7-2-1-6-12(13)14-9-15(16(21)22)19(18-14)10-4-3-5-11(8-10)20(23)24/h1-9H,(H,21,22). The van der Waals surface area contributed by atoms with Crippen LogP contribution in [-0.2, 0) is 0 Å². The molecule has 0 aliphatic heterocycles. The highest BCUT2D eigenvalue weighted by Gasteiger charge is 2.19. The number of rotatable bonds is 4. The van der Waals surface area contributed by atoms with Crippen LogP contribution in [-0.4, -0.2) is 25.8 Å².